The quantitative estimate of drug-likeness (QED) is 0.807. The number of aromatic nitrogens is 1. The van der Waals surface area contributed by atoms with Gasteiger partial charge in [-0.1, -0.05) is 0 Å². The molecule has 2 aromatic rings. The summed E-state index contributed by atoms with van der Waals surface area (Å²) < 4.78 is 5.41. The monoisotopic (exact) mass is 229 g/mol. The predicted octanol–water partition coefficient (Wildman–Crippen LogP) is 1.63. The van der Waals surface area contributed by atoms with Gasteiger partial charge in [0.15, 0.2) is 5.58 Å². The molecule has 0 amide bonds. The summed E-state index contributed by atoms with van der Waals surface area (Å²) >= 11 is 0. The summed E-state index contributed by atoms with van der Waals surface area (Å²) in [5.41, 5.74) is 3.00. The fourth-order valence-electron chi connectivity index (χ4n) is 3.07. The van der Waals surface area contributed by atoms with Crippen LogP contribution in [0.15, 0.2) is 29.0 Å². The molecule has 2 aliphatic rings. The van der Waals surface area contributed by atoms with Gasteiger partial charge in [-0.15, -0.1) is 0 Å². The molecule has 0 bridgehead atoms. The molecule has 4 heteroatoms. The lowest BCUT2D eigenvalue weighted by Gasteiger charge is -2.18. The largest absolute Gasteiger partial charge is 0.463 e. The maximum absolute atomic E-state index is 5.41. The van der Waals surface area contributed by atoms with Crippen LogP contribution in [-0.4, -0.2) is 30.7 Å². The SMILES string of the molecule is c1cc2ncc(N3CC4CCNC4C3)cc2o1. The Hall–Kier alpha value is -1.55. The lowest BCUT2D eigenvalue weighted by Crippen LogP contribution is -2.30. The van der Waals surface area contributed by atoms with Crippen LogP contribution in [0.25, 0.3) is 11.1 Å². The molecule has 4 nitrogen and oxygen atoms in total. The van der Waals surface area contributed by atoms with Crippen molar-refractivity contribution in [2.75, 3.05) is 24.5 Å². The Balaban J connectivity index is 1.66. The van der Waals surface area contributed by atoms with E-state index in [9.17, 15) is 0 Å². The number of hydrogen-bond donors (Lipinski definition) is 1. The number of hydrogen-bond acceptors (Lipinski definition) is 4. The second-order valence-electron chi connectivity index (χ2n) is 5.01. The second kappa shape index (κ2) is 3.47. The first-order valence-corrected chi connectivity index (χ1v) is 6.22. The molecule has 0 spiro atoms. The molecule has 2 fully saturated rings. The first kappa shape index (κ1) is 9.48. The van der Waals surface area contributed by atoms with Crippen LogP contribution in [-0.2, 0) is 0 Å². The van der Waals surface area contributed by atoms with E-state index in [0.29, 0.717) is 6.04 Å². The third-order valence-electron chi connectivity index (χ3n) is 4.02. The highest BCUT2D eigenvalue weighted by Gasteiger charge is 2.36. The van der Waals surface area contributed by atoms with Gasteiger partial charge in [-0.3, -0.25) is 4.98 Å². The van der Waals surface area contributed by atoms with E-state index in [1.54, 1.807) is 6.26 Å². The first-order chi connectivity index (χ1) is 8.40. The molecule has 2 aliphatic heterocycles. The molecule has 0 saturated carbocycles. The van der Waals surface area contributed by atoms with Crippen molar-refractivity contribution in [3.05, 3.63) is 24.6 Å². The van der Waals surface area contributed by atoms with Crippen LogP contribution in [0.4, 0.5) is 5.69 Å². The first-order valence-electron chi connectivity index (χ1n) is 6.22. The molecule has 4 heterocycles. The molecule has 2 aromatic heterocycles. The standard InChI is InChI=1S/C13H15N3O/c1-3-14-12-8-16(7-9(1)12)10-5-13-11(15-6-10)2-4-17-13/h2,4-6,9,12,14H,1,3,7-8H2. The number of anilines is 1. The van der Waals surface area contributed by atoms with E-state index in [2.05, 4.69) is 21.3 Å². The van der Waals surface area contributed by atoms with Crippen molar-refractivity contribution in [3.8, 4) is 0 Å². The van der Waals surface area contributed by atoms with Crippen molar-refractivity contribution in [1.82, 2.24) is 10.3 Å². The van der Waals surface area contributed by atoms with Crippen molar-refractivity contribution >= 4 is 16.8 Å². The fraction of sp³-hybridized carbons (Fsp3) is 0.462. The Morgan fingerprint density at radius 2 is 2.41 bits per heavy atom. The maximum Gasteiger partial charge on any atom is 0.154 e. The molecule has 2 unspecified atom stereocenters. The Morgan fingerprint density at radius 3 is 3.35 bits per heavy atom. The molecular formula is C13H15N3O. The van der Waals surface area contributed by atoms with Crippen LogP contribution >= 0.6 is 0 Å². The molecule has 0 aliphatic carbocycles. The van der Waals surface area contributed by atoms with Crippen molar-refractivity contribution in [2.45, 2.75) is 12.5 Å². The Kier molecular flexibility index (Phi) is 1.93. The molecule has 0 aromatic carbocycles. The lowest BCUT2D eigenvalue weighted by molar-refractivity contribution is 0.556. The smallest absolute Gasteiger partial charge is 0.154 e. The zero-order chi connectivity index (χ0) is 11.2. The third kappa shape index (κ3) is 1.44. The van der Waals surface area contributed by atoms with E-state index in [1.807, 2.05) is 12.3 Å². The second-order valence-corrected chi connectivity index (χ2v) is 5.01. The van der Waals surface area contributed by atoms with E-state index < -0.39 is 0 Å². The highest BCUT2D eigenvalue weighted by Crippen LogP contribution is 2.30. The average Bonchev–Trinajstić information content (AvgIpc) is 3.02. The van der Waals surface area contributed by atoms with Gasteiger partial charge in [0.25, 0.3) is 0 Å². The zero-order valence-corrected chi connectivity index (χ0v) is 9.60. The summed E-state index contributed by atoms with van der Waals surface area (Å²) in [6.07, 6.45) is 4.96. The molecule has 1 N–H and O–H groups in total. The minimum absolute atomic E-state index is 0.669. The maximum atomic E-state index is 5.41. The normalized spacial score (nSPS) is 27.9. The van der Waals surface area contributed by atoms with Crippen molar-refractivity contribution in [3.63, 3.8) is 0 Å². The molecule has 2 atom stereocenters. The summed E-state index contributed by atoms with van der Waals surface area (Å²) in [6, 6.07) is 4.67. The van der Waals surface area contributed by atoms with Gasteiger partial charge in [-0.2, -0.15) is 0 Å². The molecule has 4 rings (SSSR count). The van der Waals surface area contributed by atoms with Crippen LogP contribution in [0.1, 0.15) is 6.42 Å². The van der Waals surface area contributed by atoms with E-state index in [0.717, 1.165) is 30.1 Å². The summed E-state index contributed by atoms with van der Waals surface area (Å²) in [7, 11) is 0. The van der Waals surface area contributed by atoms with Crippen LogP contribution < -0.4 is 10.2 Å². The number of nitrogens with one attached hydrogen (secondary N) is 1. The van der Waals surface area contributed by atoms with E-state index in [4.69, 9.17) is 4.42 Å². The minimum Gasteiger partial charge on any atom is -0.463 e. The van der Waals surface area contributed by atoms with Crippen molar-refractivity contribution < 1.29 is 4.42 Å². The highest BCUT2D eigenvalue weighted by atomic mass is 16.3. The van der Waals surface area contributed by atoms with Gasteiger partial charge in [0.2, 0.25) is 0 Å². The Labute approximate surface area is 99.6 Å². The Morgan fingerprint density at radius 1 is 1.41 bits per heavy atom. The van der Waals surface area contributed by atoms with E-state index in [1.165, 1.54) is 18.7 Å². The van der Waals surface area contributed by atoms with Gasteiger partial charge in [-0.05, 0) is 18.9 Å². The van der Waals surface area contributed by atoms with Gasteiger partial charge < -0.3 is 14.6 Å². The molecule has 2 saturated heterocycles. The van der Waals surface area contributed by atoms with Gasteiger partial charge in [0, 0.05) is 31.3 Å². The summed E-state index contributed by atoms with van der Waals surface area (Å²) in [6.45, 7) is 3.42. The minimum atomic E-state index is 0.669. The van der Waals surface area contributed by atoms with Gasteiger partial charge in [0.05, 0.1) is 18.1 Å². The van der Waals surface area contributed by atoms with Crippen LogP contribution in [0.5, 0.6) is 0 Å². The fourth-order valence-corrected chi connectivity index (χ4v) is 3.07. The number of nitrogens with zero attached hydrogens (tertiary/aromatic N) is 2. The van der Waals surface area contributed by atoms with Crippen molar-refractivity contribution in [1.29, 1.82) is 0 Å². The lowest BCUT2D eigenvalue weighted by atomic mass is 10.1. The number of furan rings is 1. The third-order valence-corrected chi connectivity index (χ3v) is 4.02. The summed E-state index contributed by atoms with van der Waals surface area (Å²) in [5.74, 6) is 0.808. The van der Waals surface area contributed by atoms with Gasteiger partial charge in [0.1, 0.15) is 5.52 Å². The highest BCUT2D eigenvalue weighted by molar-refractivity contribution is 5.76. The van der Waals surface area contributed by atoms with Crippen molar-refractivity contribution in [2.24, 2.45) is 5.92 Å². The molecule has 88 valence electrons. The summed E-state index contributed by atoms with van der Waals surface area (Å²) in [5, 5.41) is 3.56. The zero-order valence-electron chi connectivity index (χ0n) is 9.60. The summed E-state index contributed by atoms with van der Waals surface area (Å²) in [4.78, 5) is 6.84. The predicted molar refractivity (Wildman–Crippen MR) is 66.1 cm³/mol. The van der Waals surface area contributed by atoms with Gasteiger partial charge >= 0.3 is 0 Å². The van der Waals surface area contributed by atoms with Gasteiger partial charge in [-0.25, -0.2) is 0 Å². The van der Waals surface area contributed by atoms with E-state index in [-0.39, 0.29) is 0 Å². The van der Waals surface area contributed by atoms with Crippen LogP contribution in [0.3, 0.4) is 0 Å². The van der Waals surface area contributed by atoms with Crippen LogP contribution in [0.2, 0.25) is 0 Å². The molecular weight excluding hydrogens is 214 g/mol. The molecule has 0 radical (unpaired) electrons. The number of pyridine rings is 1. The Bertz CT molecular complexity index is 538. The van der Waals surface area contributed by atoms with E-state index >= 15 is 0 Å². The molecule has 17 heavy (non-hydrogen) atoms. The van der Waals surface area contributed by atoms with Crippen LogP contribution in [0, 0.1) is 5.92 Å². The topological polar surface area (TPSA) is 41.3 Å². The average molecular weight is 229 g/mol. The number of rotatable bonds is 1. The number of fused-ring (bicyclic) bond motifs is 2.